The quantitative estimate of drug-likeness (QED) is 0.671. The Kier molecular flexibility index (Phi) is 4.02. The molecule has 2 aromatic heterocycles. The molecular formula is C15H10Cl2N4O2. The van der Waals surface area contributed by atoms with Crippen molar-refractivity contribution in [3.05, 3.63) is 57.8 Å². The van der Waals surface area contributed by atoms with E-state index in [4.69, 9.17) is 23.2 Å². The third-order valence-corrected chi connectivity index (χ3v) is 3.75. The first-order chi connectivity index (χ1) is 11.0. The highest BCUT2D eigenvalue weighted by atomic mass is 35.5. The molecule has 0 aliphatic rings. The second-order valence-electron chi connectivity index (χ2n) is 4.79. The summed E-state index contributed by atoms with van der Waals surface area (Å²) in [5.41, 5.74) is 1.51. The summed E-state index contributed by atoms with van der Waals surface area (Å²) in [5.74, 6) is -1.09. The molecule has 0 unspecified atom stereocenters. The van der Waals surface area contributed by atoms with Crippen LogP contribution in [0.2, 0.25) is 10.0 Å². The second kappa shape index (κ2) is 5.98. The molecule has 0 saturated heterocycles. The minimum atomic E-state index is -1.19. The van der Waals surface area contributed by atoms with Crippen molar-refractivity contribution in [2.45, 2.75) is 6.92 Å². The van der Waals surface area contributed by atoms with Crippen LogP contribution in [0.15, 0.2) is 46.8 Å². The number of azo groups is 1. The topological polar surface area (TPSA) is 79.3 Å². The van der Waals surface area contributed by atoms with Crippen molar-refractivity contribution in [2.75, 3.05) is 0 Å². The summed E-state index contributed by atoms with van der Waals surface area (Å²) < 4.78 is 1.55. The first kappa shape index (κ1) is 15.5. The first-order valence-electron chi connectivity index (χ1n) is 6.55. The predicted octanol–water partition coefficient (Wildman–Crippen LogP) is 5.06. The number of halogens is 2. The van der Waals surface area contributed by atoms with E-state index in [-0.39, 0.29) is 17.2 Å². The van der Waals surface area contributed by atoms with E-state index in [2.05, 4.69) is 15.2 Å². The molecule has 0 radical (unpaired) electrons. The van der Waals surface area contributed by atoms with Crippen LogP contribution in [-0.2, 0) is 0 Å². The van der Waals surface area contributed by atoms with Gasteiger partial charge in [-0.05, 0) is 36.8 Å². The maximum Gasteiger partial charge on any atom is 0.358 e. The normalized spacial score (nSPS) is 11.4. The molecule has 1 N–H and O–H groups in total. The Morgan fingerprint density at radius 3 is 2.57 bits per heavy atom. The lowest BCUT2D eigenvalue weighted by Gasteiger charge is -2.00. The zero-order valence-electron chi connectivity index (χ0n) is 11.9. The van der Waals surface area contributed by atoms with Crippen LogP contribution in [0, 0.1) is 6.92 Å². The van der Waals surface area contributed by atoms with Crippen LogP contribution in [0.25, 0.3) is 5.65 Å². The fraction of sp³-hybridized carbons (Fsp3) is 0.0667. The molecule has 0 aliphatic heterocycles. The number of hydrogen-bond donors (Lipinski definition) is 1. The highest BCUT2D eigenvalue weighted by molar-refractivity contribution is 6.38. The first-order valence-corrected chi connectivity index (χ1v) is 7.30. The highest BCUT2D eigenvalue weighted by Crippen LogP contribution is 2.34. The van der Waals surface area contributed by atoms with E-state index in [1.165, 1.54) is 0 Å². The standard InChI is InChI=1S/C15H10Cl2N4O2/c1-8-5-6-21-11(7-8)18-13(15(22)23)14(21)20-19-12-9(16)3-2-4-10(12)17/h2-7H,1H3,(H,22,23). The molecular weight excluding hydrogens is 339 g/mol. The van der Waals surface area contributed by atoms with Gasteiger partial charge in [0, 0.05) is 6.20 Å². The van der Waals surface area contributed by atoms with E-state index in [0.717, 1.165) is 5.56 Å². The van der Waals surface area contributed by atoms with Crippen molar-refractivity contribution < 1.29 is 9.90 Å². The number of imidazole rings is 1. The van der Waals surface area contributed by atoms with Crippen LogP contribution in [0.5, 0.6) is 0 Å². The summed E-state index contributed by atoms with van der Waals surface area (Å²) in [6.45, 7) is 1.89. The van der Waals surface area contributed by atoms with Gasteiger partial charge in [-0.25, -0.2) is 9.78 Å². The maximum absolute atomic E-state index is 11.4. The smallest absolute Gasteiger partial charge is 0.358 e. The summed E-state index contributed by atoms with van der Waals surface area (Å²) in [4.78, 5) is 15.5. The van der Waals surface area contributed by atoms with Gasteiger partial charge in [-0.3, -0.25) is 4.40 Å². The molecule has 3 aromatic rings. The Hall–Kier alpha value is -2.44. The summed E-state index contributed by atoms with van der Waals surface area (Å²) in [6, 6.07) is 8.51. The van der Waals surface area contributed by atoms with Gasteiger partial charge in [0.15, 0.2) is 11.5 Å². The van der Waals surface area contributed by atoms with Gasteiger partial charge in [0.05, 0.1) is 10.0 Å². The number of aromatic nitrogens is 2. The predicted molar refractivity (Wildman–Crippen MR) is 87.5 cm³/mol. The van der Waals surface area contributed by atoms with E-state index in [0.29, 0.717) is 15.7 Å². The summed E-state index contributed by atoms with van der Waals surface area (Å²) >= 11 is 12.1. The van der Waals surface area contributed by atoms with Crippen LogP contribution in [0.3, 0.4) is 0 Å². The Balaban J connectivity index is 2.17. The summed E-state index contributed by atoms with van der Waals surface area (Å²) in [7, 11) is 0. The average Bonchev–Trinajstić information content (AvgIpc) is 2.85. The molecule has 0 spiro atoms. The highest BCUT2D eigenvalue weighted by Gasteiger charge is 2.18. The molecule has 0 bridgehead atoms. The van der Waals surface area contributed by atoms with Gasteiger partial charge < -0.3 is 5.11 Å². The van der Waals surface area contributed by atoms with E-state index in [9.17, 15) is 9.90 Å². The van der Waals surface area contributed by atoms with E-state index in [1.54, 1.807) is 34.9 Å². The summed E-state index contributed by atoms with van der Waals surface area (Å²) in [6.07, 6.45) is 1.69. The molecule has 0 amide bonds. The zero-order valence-corrected chi connectivity index (χ0v) is 13.4. The van der Waals surface area contributed by atoms with Gasteiger partial charge >= 0.3 is 5.97 Å². The minimum absolute atomic E-state index is 0.100. The van der Waals surface area contributed by atoms with E-state index >= 15 is 0 Å². The van der Waals surface area contributed by atoms with Gasteiger partial charge in [-0.2, -0.15) is 0 Å². The van der Waals surface area contributed by atoms with Gasteiger partial charge in [0.1, 0.15) is 11.3 Å². The van der Waals surface area contributed by atoms with Crippen molar-refractivity contribution in [3.63, 3.8) is 0 Å². The van der Waals surface area contributed by atoms with Crippen molar-refractivity contribution in [1.29, 1.82) is 0 Å². The second-order valence-corrected chi connectivity index (χ2v) is 5.61. The molecule has 2 heterocycles. The molecule has 23 heavy (non-hydrogen) atoms. The number of fused-ring (bicyclic) bond motifs is 1. The lowest BCUT2D eigenvalue weighted by molar-refractivity contribution is 0.0692. The monoisotopic (exact) mass is 348 g/mol. The zero-order chi connectivity index (χ0) is 16.6. The van der Waals surface area contributed by atoms with E-state index < -0.39 is 5.97 Å². The van der Waals surface area contributed by atoms with Crippen LogP contribution < -0.4 is 0 Å². The molecule has 1 aromatic carbocycles. The van der Waals surface area contributed by atoms with Crippen LogP contribution in [-0.4, -0.2) is 20.5 Å². The van der Waals surface area contributed by atoms with Crippen molar-refractivity contribution in [1.82, 2.24) is 9.38 Å². The Labute approximate surface area is 141 Å². The molecule has 0 atom stereocenters. The molecule has 0 fully saturated rings. The van der Waals surface area contributed by atoms with Crippen LogP contribution >= 0.6 is 23.2 Å². The molecule has 8 heteroatoms. The number of carbonyl (C=O) groups is 1. The van der Waals surface area contributed by atoms with Crippen molar-refractivity contribution >= 4 is 46.3 Å². The lowest BCUT2D eigenvalue weighted by Crippen LogP contribution is -1.96. The van der Waals surface area contributed by atoms with Gasteiger partial charge in [-0.1, -0.05) is 29.3 Å². The van der Waals surface area contributed by atoms with Gasteiger partial charge in [0.2, 0.25) is 0 Å². The minimum Gasteiger partial charge on any atom is -0.476 e. The number of nitrogens with zero attached hydrogens (tertiary/aromatic N) is 4. The molecule has 0 saturated carbocycles. The van der Waals surface area contributed by atoms with Crippen LogP contribution in [0.4, 0.5) is 11.5 Å². The fourth-order valence-electron chi connectivity index (χ4n) is 2.05. The number of carboxylic acid groups (broad SMARTS) is 1. The van der Waals surface area contributed by atoms with Gasteiger partial charge in [0.25, 0.3) is 0 Å². The third-order valence-electron chi connectivity index (χ3n) is 3.14. The number of hydrogen-bond acceptors (Lipinski definition) is 4. The number of aryl methyl sites for hydroxylation is 1. The molecule has 3 rings (SSSR count). The number of carboxylic acids is 1. The van der Waals surface area contributed by atoms with Crippen molar-refractivity contribution in [3.8, 4) is 0 Å². The molecule has 0 aliphatic carbocycles. The number of aromatic carboxylic acids is 1. The fourth-order valence-corrected chi connectivity index (χ4v) is 2.53. The third kappa shape index (κ3) is 2.91. The van der Waals surface area contributed by atoms with Crippen molar-refractivity contribution in [2.24, 2.45) is 10.2 Å². The Morgan fingerprint density at radius 1 is 1.22 bits per heavy atom. The van der Waals surface area contributed by atoms with Gasteiger partial charge in [-0.15, -0.1) is 10.2 Å². The lowest BCUT2D eigenvalue weighted by atomic mass is 10.3. The van der Waals surface area contributed by atoms with E-state index in [1.807, 2.05) is 13.0 Å². The SMILES string of the molecule is Cc1ccn2c(N=Nc3c(Cl)cccc3Cl)c(C(=O)O)nc2c1. The molecule has 116 valence electrons. The Morgan fingerprint density at radius 2 is 1.91 bits per heavy atom. The summed E-state index contributed by atoms with van der Waals surface area (Å²) in [5, 5.41) is 18.0. The average molecular weight is 349 g/mol. The Bertz CT molecular complexity index is 930. The number of benzene rings is 1. The van der Waals surface area contributed by atoms with Crippen LogP contribution in [0.1, 0.15) is 16.1 Å². The number of rotatable bonds is 3. The largest absolute Gasteiger partial charge is 0.476 e. The maximum atomic E-state index is 11.4. The number of pyridine rings is 1. The molecule has 6 nitrogen and oxygen atoms in total.